The largest absolute Gasteiger partial charge is 0.375 e. The van der Waals surface area contributed by atoms with E-state index in [4.69, 9.17) is 4.74 Å². The second-order valence-corrected chi connectivity index (χ2v) is 4.73. The standard InChI is InChI=1S/C14H17N5O/c1-5-16-14(17-6-1)19-8-9-20-13(10-19)3-2-12-4-7-15-11-18-12/h1,4-7,11,13H,2-3,8-10H2. The lowest BCUT2D eigenvalue weighted by molar-refractivity contribution is 0.0348. The maximum Gasteiger partial charge on any atom is 0.225 e. The van der Waals surface area contributed by atoms with Crippen LogP contribution in [-0.2, 0) is 11.2 Å². The van der Waals surface area contributed by atoms with Crippen molar-refractivity contribution in [2.45, 2.75) is 18.9 Å². The van der Waals surface area contributed by atoms with Gasteiger partial charge in [-0.25, -0.2) is 19.9 Å². The van der Waals surface area contributed by atoms with Crippen molar-refractivity contribution < 1.29 is 4.74 Å². The third-order valence-electron chi connectivity index (χ3n) is 3.34. The molecule has 104 valence electrons. The summed E-state index contributed by atoms with van der Waals surface area (Å²) in [6.45, 7) is 2.38. The second-order valence-electron chi connectivity index (χ2n) is 4.73. The number of rotatable bonds is 4. The summed E-state index contributed by atoms with van der Waals surface area (Å²) in [5, 5.41) is 0. The molecule has 1 aliphatic heterocycles. The summed E-state index contributed by atoms with van der Waals surface area (Å²) in [5.41, 5.74) is 1.05. The molecule has 0 saturated carbocycles. The molecule has 1 aliphatic rings. The first kappa shape index (κ1) is 12.9. The summed E-state index contributed by atoms with van der Waals surface area (Å²) in [5.74, 6) is 0.780. The third-order valence-corrected chi connectivity index (χ3v) is 3.34. The van der Waals surface area contributed by atoms with Crippen LogP contribution in [-0.4, -0.2) is 45.7 Å². The van der Waals surface area contributed by atoms with Crippen LogP contribution in [0.1, 0.15) is 12.1 Å². The summed E-state index contributed by atoms with van der Waals surface area (Å²) in [4.78, 5) is 18.9. The van der Waals surface area contributed by atoms with E-state index < -0.39 is 0 Å². The molecule has 20 heavy (non-hydrogen) atoms. The van der Waals surface area contributed by atoms with Gasteiger partial charge in [0.25, 0.3) is 0 Å². The number of hydrogen-bond acceptors (Lipinski definition) is 6. The number of nitrogens with zero attached hydrogens (tertiary/aromatic N) is 5. The zero-order valence-electron chi connectivity index (χ0n) is 11.2. The van der Waals surface area contributed by atoms with Crippen LogP contribution < -0.4 is 4.90 Å². The van der Waals surface area contributed by atoms with E-state index in [0.717, 1.165) is 37.6 Å². The summed E-state index contributed by atoms with van der Waals surface area (Å²) >= 11 is 0. The van der Waals surface area contributed by atoms with Crippen LogP contribution >= 0.6 is 0 Å². The lowest BCUT2D eigenvalue weighted by atomic mass is 10.1. The molecule has 0 radical (unpaired) electrons. The van der Waals surface area contributed by atoms with Gasteiger partial charge in [-0.15, -0.1) is 0 Å². The Hall–Kier alpha value is -2.08. The first-order chi connectivity index (χ1) is 9.92. The first-order valence-corrected chi connectivity index (χ1v) is 6.80. The minimum absolute atomic E-state index is 0.197. The van der Waals surface area contributed by atoms with Gasteiger partial charge in [-0.3, -0.25) is 0 Å². The molecule has 6 nitrogen and oxygen atoms in total. The normalized spacial score (nSPS) is 19.0. The number of aryl methyl sites for hydroxylation is 1. The molecule has 0 amide bonds. The van der Waals surface area contributed by atoms with Gasteiger partial charge in [0.15, 0.2) is 0 Å². The van der Waals surface area contributed by atoms with Crippen molar-refractivity contribution in [1.82, 2.24) is 19.9 Å². The smallest absolute Gasteiger partial charge is 0.225 e. The van der Waals surface area contributed by atoms with Crippen LogP contribution in [0.25, 0.3) is 0 Å². The van der Waals surface area contributed by atoms with Gasteiger partial charge in [-0.05, 0) is 25.0 Å². The van der Waals surface area contributed by atoms with Gasteiger partial charge >= 0.3 is 0 Å². The predicted octanol–water partition coefficient (Wildman–Crippen LogP) is 1.10. The van der Waals surface area contributed by atoms with Gasteiger partial charge < -0.3 is 9.64 Å². The van der Waals surface area contributed by atoms with E-state index in [-0.39, 0.29) is 6.10 Å². The van der Waals surface area contributed by atoms with Gasteiger partial charge in [0.2, 0.25) is 5.95 Å². The second kappa shape index (κ2) is 6.38. The van der Waals surface area contributed by atoms with E-state index in [9.17, 15) is 0 Å². The van der Waals surface area contributed by atoms with E-state index in [1.54, 1.807) is 24.9 Å². The minimum atomic E-state index is 0.197. The van der Waals surface area contributed by atoms with Crippen LogP contribution in [0.4, 0.5) is 5.95 Å². The molecule has 0 bridgehead atoms. The average molecular weight is 271 g/mol. The van der Waals surface area contributed by atoms with Gasteiger partial charge in [-0.2, -0.15) is 0 Å². The summed E-state index contributed by atoms with van der Waals surface area (Å²) in [6.07, 6.45) is 8.94. The van der Waals surface area contributed by atoms with Crippen molar-refractivity contribution in [3.8, 4) is 0 Å². The first-order valence-electron chi connectivity index (χ1n) is 6.80. The van der Waals surface area contributed by atoms with Crippen LogP contribution in [0.2, 0.25) is 0 Å². The fraction of sp³-hybridized carbons (Fsp3) is 0.429. The SMILES string of the molecule is c1cnc(N2CCOC(CCc3ccncn3)C2)nc1. The van der Waals surface area contributed by atoms with Crippen molar-refractivity contribution in [1.29, 1.82) is 0 Å². The molecule has 0 aromatic carbocycles. The lowest BCUT2D eigenvalue weighted by Gasteiger charge is -2.32. The van der Waals surface area contributed by atoms with Crippen LogP contribution in [0.3, 0.4) is 0 Å². The quantitative estimate of drug-likeness (QED) is 0.830. The van der Waals surface area contributed by atoms with Gasteiger partial charge in [-0.1, -0.05) is 0 Å². The Morgan fingerprint density at radius 1 is 1.20 bits per heavy atom. The molecule has 6 heteroatoms. The summed E-state index contributed by atoms with van der Waals surface area (Å²) in [7, 11) is 0. The fourth-order valence-corrected chi connectivity index (χ4v) is 2.30. The summed E-state index contributed by atoms with van der Waals surface area (Å²) < 4.78 is 5.81. The topological polar surface area (TPSA) is 64.0 Å². The molecular formula is C14H17N5O. The van der Waals surface area contributed by atoms with Crippen molar-refractivity contribution in [3.63, 3.8) is 0 Å². The third kappa shape index (κ3) is 3.27. The van der Waals surface area contributed by atoms with Crippen molar-refractivity contribution in [2.75, 3.05) is 24.6 Å². The molecule has 1 fully saturated rings. The number of aromatic nitrogens is 4. The van der Waals surface area contributed by atoms with E-state index in [2.05, 4.69) is 24.8 Å². The van der Waals surface area contributed by atoms with Crippen LogP contribution in [0.15, 0.2) is 37.1 Å². The zero-order valence-corrected chi connectivity index (χ0v) is 11.2. The van der Waals surface area contributed by atoms with Crippen molar-refractivity contribution >= 4 is 5.95 Å². The van der Waals surface area contributed by atoms with Gasteiger partial charge in [0.05, 0.1) is 12.7 Å². The highest BCUT2D eigenvalue weighted by molar-refractivity contribution is 5.29. The fourth-order valence-electron chi connectivity index (χ4n) is 2.30. The molecule has 2 aromatic rings. The number of ether oxygens (including phenoxy) is 1. The highest BCUT2D eigenvalue weighted by Crippen LogP contribution is 2.15. The Morgan fingerprint density at radius 3 is 2.90 bits per heavy atom. The summed E-state index contributed by atoms with van der Waals surface area (Å²) in [6, 6.07) is 3.78. The lowest BCUT2D eigenvalue weighted by Crippen LogP contribution is -2.43. The van der Waals surface area contributed by atoms with Gasteiger partial charge in [0, 0.05) is 37.4 Å². The maximum atomic E-state index is 5.81. The van der Waals surface area contributed by atoms with E-state index >= 15 is 0 Å². The zero-order chi connectivity index (χ0) is 13.6. The molecule has 3 heterocycles. The van der Waals surface area contributed by atoms with Crippen molar-refractivity contribution in [3.05, 3.63) is 42.7 Å². The minimum Gasteiger partial charge on any atom is -0.375 e. The molecule has 1 saturated heterocycles. The Labute approximate surface area is 117 Å². The Morgan fingerprint density at radius 2 is 2.10 bits per heavy atom. The monoisotopic (exact) mass is 271 g/mol. The Bertz CT molecular complexity index is 522. The van der Waals surface area contributed by atoms with Gasteiger partial charge in [0.1, 0.15) is 6.33 Å². The molecule has 1 unspecified atom stereocenters. The average Bonchev–Trinajstić information content (AvgIpc) is 2.55. The Kier molecular flexibility index (Phi) is 4.13. The van der Waals surface area contributed by atoms with E-state index in [1.165, 1.54) is 0 Å². The highest BCUT2D eigenvalue weighted by Gasteiger charge is 2.21. The molecule has 1 atom stereocenters. The van der Waals surface area contributed by atoms with Crippen LogP contribution in [0, 0.1) is 0 Å². The number of anilines is 1. The van der Waals surface area contributed by atoms with E-state index in [1.807, 2.05) is 12.1 Å². The van der Waals surface area contributed by atoms with Crippen LogP contribution in [0.5, 0.6) is 0 Å². The van der Waals surface area contributed by atoms with Crippen molar-refractivity contribution in [2.24, 2.45) is 0 Å². The predicted molar refractivity (Wildman–Crippen MR) is 74.3 cm³/mol. The number of hydrogen-bond donors (Lipinski definition) is 0. The Balaban J connectivity index is 1.56. The molecule has 0 N–H and O–H groups in total. The molecule has 0 spiro atoms. The van der Waals surface area contributed by atoms with E-state index in [0.29, 0.717) is 6.61 Å². The molecule has 0 aliphatic carbocycles. The molecule has 3 rings (SSSR count). The maximum absolute atomic E-state index is 5.81. The molecular weight excluding hydrogens is 254 g/mol. The number of morpholine rings is 1. The highest BCUT2D eigenvalue weighted by atomic mass is 16.5. The molecule has 2 aromatic heterocycles.